The van der Waals surface area contributed by atoms with Crippen LogP contribution in [0.4, 0.5) is 10.5 Å². The molecule has 2 aromatic carbocycles. The van der Waals surface area contributed by atoms with E-state index in [1.807, 2.05) is 61.7 Å². The predicted octanol–water partition coefficient (Wildman–Crippen LogP) is 5.48. The number of nitrogens with zero attached hydrogens (tertiary/aromatic N) is 2. The Hall–Kier alpha value is -3.99. The lowest BCUT2D eigenvalue weighted by Crippen LogP contribution is -2.30. The molecule has 0 saturated carbocycles. The van der Waals surface area contributed by atoms with Gasteiger partial charge in [-0.25, -0.2) is 4.79 Å². The third-order valence-corrected chi connectivity index (χ3v) is 5.02. The van der Waals surface area contributed by atoms with Gasteiger partial charge in [0.05, 0.1) is 0 Å². The summed E-state index contributed by atoms with van der Waals surface area (Å²) in [6.07, 6.45) is 6.19. The second-order valence-corrected chi connectivity index (χ2v) is 7.33. The highest BCUT2D eigenvalue weighted by atomic mass is 16.2. The number of amides is 2. The van der Waals surface area contributed by atoms with E-state index in [9.17, 15) is 4.79 Å². The van der Waals surface area contributed by atoms with Gasteiger partial charge in [-0.3, -0.25) is 9.97 Å². The average Bonchev–Trinajstić information content (AvgIpc) is 2.81. The first-order chi connectivity index (χ1) is 15.2. The second kappa shape index (κ2) is 9.67. The van der Waals surface area contributed by atoms with Gasteiger partial charge < -0.3 is 10.6 Å². The molecule has 5 nitrogen and oxygen atoms in total. The van der Waals surface area contributed by atoms with Crippen LogP contribution in [-0.4, -0.2) is 22.5 Å². The van der Waals surface area contributed by atoms with E-state index >= 15 is 0 Å². The molecule has 0 atom stereocenters. The molecule has 31 heavy (non-hydrogen) atoms. The van der Waals surface area contributed by atoms with Crippen molar-refractivity contribution in [3.63, 3.8) is 0 Å². The maximum atomic E-state index is 12.2. The zero-order valence-electron chi connectivity index (χ0n) is 17.4. The number of aromatic nitrogens is 2. The van der Waals surface area contributed by atoms with Crippen molar-refractivity contribution in [1.82, 2.24) is 15.3 Å². The van der Waals surface area contributed by atoms with Gasteiger partial charge in [-0.15, -0.1) is 0 Å². The van der Waals surface area contributed by atoms with Crippen molar-refractivity contribution in [3.8, 4) is 22.3 Å². The Bertz CT molecular complexity index is 1140. The van der Waals surface area contributed by atoms with Gasteiger partial charge >= 0.3 is 6.03 Å². The molecule has 0 radical (unpaired) electrons. The molecular weight excluding hydrogens is 384 g/mol. The first-order valence-corrected chi connectivity index (χ1v) is 10.2. The minimum Gasteiger partial charge on any atom is -0.338 e. The molecular formula is C26H24N4O. The van der Waals surface area contributed by atoms with Crippen LogP contribution in [0.25, 0.3) is 22.3 Å². The molecule has 0 aliphatic carbocycles. The van der Waals surface area contributed by atoms with Crippen molar-refractivity contribution in [2.75, 3.05) is 11.9 Å². The summed E-state index contributed by atoms with van der Waals surface area (Å²) in [7, 11) is 0. The zero-order chi connectivity index (χ0) is 21.5. The van der Waals surface area contributed by atoms with E-state index in [4.69, 9.17) is 0 Å². The smallest absolute Gasteiger partial charge is 0.319 e. The molecule has 154 valence electrons. The lowest BCUT2D eigenvalue weighted by Gasteiger charge is -2.09. The second-order valence-electron chi connectivity index (χ2n) is 7.33. The van der Waals surface area contributed by atoms with Crippen molar-refractivity contribution >= 4 is 11.7 Å². The molecule has 0 spiro atoms. The Morgan fingerprint density at radius 1 is 0.839 bits per heavy atom. The number of anilines is 1. The van der Waals surface area contributed by atoms with Crippen LogP contribution < -0.4 is 10.6 Å². The van der Waals surface area contributed by atoms with E-state index in [2.05, 4.69) is 44.9 Å². The number of pyridine rings is 2. The van der Waals surface area contributed by atoms with Crippen LogP contribution in [0.1, 0.15) is 11.3 Å². The summed E-state index contributed by atoms with van der Waals surface area (Å²) >= 11 is 0. The van der Waals surface area contributed by atoms with E-state index in [1.165, 1.54) is 5.56 Å². The third-order valence-electron chi connectivity index (χ3n) is 5.02. The van der Waals surface area contributed by atoms with Crippen molar-refractivity contribution in [3.05, 3.63) is 103 Å². The Labute approximate surface area is 182 Å². The number of urea groups is 1. The summed E-state index contributed by atoms with van der Waals surface area (Å²) in [5, 5.41) is 5.79. The molecule has 0 aliphatic heterocycles. The molecule has 4 rings (SSSR count). The molecule has 0 unspecified atom stereocenters. The summed E-state index contributed by atoms with van der Waals surface area (Å²) in [5.74, 6) is 0. The number of carbonyl (C=O) groups excluding carboxylic acids is 1. The number of carbonyl (C=O) groups is 1. The quantitative estimate of drug-likeness (QED) is 0.444. The molecule has 0 fully saturated rings. The van der Waals surface area contributed by atoms with Crippen LogP contribution in [0.5, 0.6) is 0 Å². The van der Waals surface area contributed by atoms with Crippen molar-refractivity contribution < 1.29 is 4.79 Å². The van der Waals surface area contributed by atoms with Crippen molar-refractivity contribution in [2.45, 2.75) is 13.3 Å². The van der Waals surface area contributed by atoms with E-state index in [0.29, 0.717) is 6.54 Å². The number of rotatable bonds is 6. The van der Waals surface area contributed by atoms with Gasteiger partial charge in [-0.2, -0.15) is 0 Å². The van der Waals surface area contributed by atoms with Gasteiger partial charge in [0.2, 0.25) is 0 Å². The highest BCUT2D eigenvalue weighted by Gasteiger charge is 2.04. The van der Waals surface area contributed by atoms with Crippen LogP contribution in [0.2, 0.25) is 0 Å². The lowest BCUT2D eigenvalue weighted by atomic mass is 10.0. The van der Waals surface area contributed by atoms with E-state index in [0.717, 1.165) is 40.1 Å². The molecule has 2 heterocycles. The molecule has 2 aromatic heterocycles. The maximum absolute atomic E-state index is 12.2. The predicted molar refractivity (Wildman–Crippen MR) is 125 cm³/mol. The van der Waals surface area contributed by atoms with Crippen LogP contribution >= 0.6 is 0 Å². The fraction of sp³-hybridized carbons (Fsp3) is 0.115. The van der Waals surface area contributed by atoms with Gasteiger partial charge in [0.1, 0.15) is 0 Å². The monoisotopic (exact) mass is 408 g/mol. The zero-order valence-corrected chi connectivity index (χ0v) is 17.4. The standard InChI is InChI=1S/C26H24N4O/c1-19-17-23(13-16-28-19)21-8-10-25(11-9-21)30-26(31)29-15-12-20-4-6-22(7-5-20)24-3-2-14-27-18-24/h2-11,13-14,16-18H,12,15H2,1H3,(H2,29,30,31). The summed E-state index contributed by atoms with van der Waals surface area (Å²) < 4.78 is 0. The molecule has 2 amide bonds. The highest BCUT2D eigenvalue weighted by molar-refractivity contribution is 5.89. The number of benzene rings is 2. The lowest BCUT2D eigenvalue weighted by molar-refractivity contribution is 0.252. The van der Waals surface area contributed by atoms with E-state index in [-0.39, 0.29) is 6.03 Å². The molecule has 0 bridgehead atoms. The first kappa shape index (κ1) is 20.3. The van der Waals surface area contributed by atoms with Crippen molar-refractivity contribution in [2.24, 2.45) is 0 Å². The first-order valence-electron chi connectivity index (χ1n) is 10.2. The van der Waals surface area contributed by atoms with Crippen molar-refractivity contribution in [1.29, 1.82) is 0 Å². The fourth-order valence-corrected chi connectivity index (χ4v) is 3.36. The molecule has 0 aliphatic rings. The summed E-state index contributed by atoms with van der Waals surface area (Å²) in [6, 6.07) is 23.9. The number of aryl methyl sites for hydroxylation is 1. The van der Waals surface area contributed by atoms with E-state index < -0.39 is 0 Å². The van der Waals surface area contributed by atoms with Gasteiger partial charge in [0.25, 0.3) is 0 Å². The Morgan fingerprint density at radius 2 is 1.58 bits per heavy atom. The average molecular weight is 409 g/mol. The van der Waals surface area contributed by atoms with Crippen LogP contribution in [0, 0.1) is 6.92 Å². The summed E-state index contributed by atoms with van der Waals surface area (Å²) in [4.78, 5) is 20.6. The Kier molecular flexibility index (Phi) is 6.33. The van der Waals surface area contributed by atoms with E-state index in [1.54, 1.807) is 12.4 Å². The van der Waals surface area contributed by atoms with Crippen LogP contribution in [-0.2, 0) is 6.42 Å². The van der Waals surface area contributed by atoms with Crippen LogP contribution in [0.15, 0.2) is 91.4 Å². The number of hydrogen-bond donors (Lipinski definition) is 2. The van der Waals surface area contributed by atoms with Gasteiger partial charge in [-0.05, 0) is 71.5 Å². The highest BCUT2D eigenvalue weighted by Crippen LogP contribution is 2.21. The molecule has 2 N–H and O–H groups in total. The van der Waals surface area contributed by atoms with Gasteiger partial charge in [0.15, 0.2) is 0 Å². The molecule has 4 aromatic rings. The largest absolute Gasteiger partial charge is 0.338 e. The van der Waals surface area contributed by atoms with Crippen LogP contribution in [0.3, 0.4) is 0 Å². The SMILES string of the molecule is Cc1cc(-c2ccc(NC(=O)NCCc3ccc(-c4cccnc4)cc3)cc2)ccn1. The Morgan fingerprint density at radius 3 is 2.29 bits per heavy atom. The minimum absolute atomic E-state index is 0.209. The third kappa shape index (κ3) is 5.54. The molecule has 5 heteroatoms. The maximum Gasteiger partial charge on any atom is 0.319 e. The number of nitrogens with one attached hydrogen (secondary N) is 2. The normalized spacial score (nSPS) is 10.5. The molecule has 0 saturated heterocycles. The van der Waals surface area contributed by atoms with Gasteiger partial charge in [0, 0.05) is 36.5 Å². The minimum atomic E-state index is -0.209. The van der Waals surface area contributed by atoms with Gasteiger partial charge in [-0.1, -0.05) is 42.5 Å². The fourth-order valence-electron chi connectivity index (χ4n) is 3.36. The Balaban J connectivity index is 1.26. The number of hydrogen-bond acceptors (Lipinski definition) is 3. The summed E-state index contributed by atoms with van der Waals surface area (Å²) in [6.45, 7) is 2.53. The topological polar surface area (TPSA) is 66.9 Å². The summed E-state index contributed by atoms with van der Waals surface area (Å²) in [5.41, 5.74) is 7.33.